The summed E-state index contributed by atoms with van der Waals surface area (Å²) in [5.41, 5.74) is 2.33. The highest BCUT2D eigenvalue weighted by Crippen LogP contribution is 2.12. The Kier molecular flexibility index (Phi) is 4.32. The molecule has 1 aliphatic heterocycles. The third kappa shape index (κ3) is 3.61. The van der Waals surface area contributed by atoms with E-state index in [0.29, 0.717) is 18.9 Å². The fourth-order valence-corrected chi connectivity index (χ4v) is 2.91. The van der Waals surface area contributed by atoms with Gasteiger partial charge in [0.2, 0.25) is 0 Å². The number of nitrogens with two attached hydrogens (primary N) is 1. The number of hydrogen-bond donors (Lipinski definition) is 3. The maximum absolute atomic E-state index is 12.2. The summed E-state index contributed by atoms with van der Waals surface area (Å²) in [5.74, 6) is 5.52. The quantitative estimate of drug-likeness (QED) is 0.472. The molecule has 0 bridgehead atoms. The van der Waals surface area contributed by atoms with Gasteiger partial charge in [0.1, 0.15) is 5.82 Å². The second-order valence-electron chi connectivity index (χ2n) is 4.41. The van der Waals surface area contributed by atoms with Gasteiger partial charge in [0, 0.05) is 38.4 Å². The second-order valence-corrected chi connectivity index (χ2v) is 6.07. The lowest BCUT2D eigenvalue weighted by Crippen LogP contribution is -2.52. The Hall–Kier alpha value is -1.26. The van der Waals surface area contributed by atoms with Crippen LogP contribution in [0.25, 0.3) is 0 Å². The normalized spacial score (nSPS) is 18.4. The predicted octanol–water partition coefficient (Wildman–Crippen LogP) is -1.19. The first-order valence-electron chi connectivity index (χ1n) is 5.90. The number of likely N-dealkylation sites (N-methyl/N-ethyl adjacent to an activating group) is 1. The largest absolute Gasteiger partial charge is 0.308 e. The Morgan fingerprint density at radius 1 is 1.32 bits per heavy atom. The molecule has 0 saturated carbocycles. The SMILES string of the molecule is CN1CCN(NS(=O)(=O)c2ccnc(NN)c2)CC1. The molecule has 1 aromatic heterocycles. The van der Waals surface area contributed by atoms with Crippen LogP contribution in [0.1, 0.15) is 0 Å². The smallest absolute Gasteiger partial charge is 0.253 e. The molecular formula is C10H18N6O2S. The van der Waals surface area contributed by atoms with E-state index in [-0.39, 0.29) is 4.90 Å². The van der Waals surface area contributed by atoms with Crippen molar-refractivity contribution in [3.63, 3.8) is 0 Å². The highest BCUT2D eigenvalue weighted by Gasteiger charge is 2.21. The van der Waals surface area contributed by atoms with Gasteiger partial charge in [0.25, 0.3) is 10.0 Å². The lowest BCUT2D eigenvalue weighted by Gasteiger charge is -2.32. The van der Waals surface area contributed by atoms with Crippen molar-refractivity contribution in [3.8, 4) is 0 Å². The van der Waals surface area contributed by atoms with E-state index in [0.717, 1.165) is 13.1 Å². The molecule has 0 atom stereocenters. The first kappa shape index (κ1) is 14.2. The van der Waals surface area contributed by atoms with E-state index in [4.69, 9.17) is 5.84 Å². The van der Waals surface area contributed by atoms with Gasteiger partial charge in [-0.05, 0) is 13.1 Å². The molecule has 1 saturated heterocycles. The molecule has 0 unspecified atom stereocenters. The molecule has 4 N–H and O–H groups in total. The average molecular weight is 286 g/mol. The fourth-order valence-electron chi connectivity index (χ4n) is 1.78. The molecule has 1 fully saturated rings. The molecule has 1 aliphatic rings. The summed E-state index contributed by atoms with van der Waals surface area (Å²) in [6.45, 7) is 2.97. The Bertz CT molecular complexity index is 527. The maximum Gasteiger partial charge on any atom is 0.253 e. The van der Waals surface area contributed by atoms with Gasteiger partial charge in [-0.15, -0.1) is 4.83 Å². The van der Waals surface area contributed by atoms with E-state index in [2.05, 4.69) is 20.1 Å². The Balaban J connectivity index is 2.09. The number of nitrogens with zero attached hydrogens (tertiary/aromatic N) is 3. The standard InChI is InChI=1S/C10H18N6O2S/c1-15-4-6-16(7-5-15)14-19(17,18)9-2-3-12-10(8-9)13-11/h2-3,8,14H,4-7,11H2,1H3,(H,12,13). The highest BCUT2D eigenvalue weighted by molar-refractivity contribution is 7.89. The number of hydrazine groups is 2. The van der Waals surface area contributed by atoms with Gasteiger partial charge >= 0.3 is 0 Å². The Morgan fingerprint density at radius 3 is 2.63 bits per heavy atom. The first-order chi connectivity index (χ1) is 9.01. The fraction of sp³-hybridized carbons (Fsp3) is 0.500. The van der Waals surface area contributed by atoms with Crippen molar-refractivity contribution in [1.82, 2.24) is 19.7 Å². The van der Waals surface area contributed by atoms with E-state index >= 15 is 0 Å². The number of nitrogen functional groups attached to an aromatic ring is 1. The Morgan fingerprint density at radius 2 is 2.00 bits per heavy atom. The van der Waals surface area contributed by atoms with Crippen molar-refractivity contribution < 1.29 is 8.42 Å². The number of piperazine rings is 1. The molecule has 2 heterocycles. The molecule has 0 radical (unpaired) electrons. The van der Waals surface area contributed by atoms with Crippen LogP contribution in [0.5, 0.6) is 0 Å². The summed E-state index contributed by atoms with van der Waals surface area (Å²) in [4.78, 5) is 8.73. The molecule has 2 rings (SSSR count). The first-order valence-corrected chi connectivity index (χ1v) is 7.38. The van der Waals surface area contributed by atoms with Gasteiger partial charge < -0.3 is 10.3 Å². The van der Waals surface area contributed by atoms with E-state index in [1.54, 1.807) is 5.01 Å². The Labute approximate surface area is 112 Å². The van der Waals surface area contributed by atoms with Crippen LogP contribution in [0.3, 0.4) is 0 Å². The number of sulfonamides is 1. The average Bonchev–Trinajstić information content (AvgIpc) is 2.41. The van der Waals surface area contributed by atoms with Crippen LogP contribution in [-0.4, -0.2) is 56.5 Å². The van der Waals surface area contributed by atoms with Crippen molar-refractivity contribution in [2.24, 2.45) is 5.84 Å². The minimum Gasteiger partial charge on any atom is -0.308 e. The van der Waals surface area contributed by atoms with Crippen LogP contribution in [0.2, 0.25) is 0 Å². The zero-order valence-corrected chi connectivity index (χ0v) is 11.5. The monoisotopic (exact) mass is 286 g/mol. The van der Waals surface area contributed by atoms with E-state index in [9.17, 15) is 8.42 Å². The topological polar surface area (TPSA) is 104 Å². The van der Waals surface area contributed by atoms with E-state index in [1.807, 2.05) is 7.05 Å². The summed E-state index contributed by atoms with van der Waals surface area (Å²) in [7, 11) is -1.58. The van der Waals surface area contributed by atoms with Crippen LogP contribution in [-0.2, 0) is 10.0 Å². The summed E-state index contributed by atoms with van der Waals surface area (Å²) in [6.07, 6.45) is 1.40. The summed E-state index contributed by atoms with van der Waals surface area (Å²) >= 11 is 0. The molecule has 0 aromatic carbocycles. The summed E-state index contributed by atoms with van der Waals surface area (Å²) in [6, 6.07) is 2.82. The van der Waals surface area contributed by atoms with Crippen LogP contribution in [0.15, 0.2) is 23.2 Å². The molecular weight excluding hydrogens is 268 g/mol. The van der Waals surface area contributed by atoms with E-state index in [1.165, 1.54) is 18.3 Å². The summed E-state index contributed by atoms with van der Waals surface area (Å²) < 4.78 is 24.4. The van der Waals surface area contributed by atoms with Gasteiger partial charge in [-0.2, -0.15) is 0 Å². The van der Waals surface area contributed by atoms with Crippen molar-refractivity contribution in [3.05, 3.63) is 18.3 Å². The van der Waals surface area contributed by atoms with Crippen molar-refractivity contribution >= 4 is 15.8 Å². The molecule has 106 valence electrons. The molecule has 0 amide bonds. The number of aromatic nitrogens is 1. The second kappa shape index (κ2) is 5.80. The van der Waals surface area contributed by atoms with Crippen molar-refractivity contribution in [2.45, 2.75) is 4.90 Å². The van der Waals surface area contributed by atoms with E-state index < -0.39 is 10.0 Å². The molecule has 9 heteroatoms. The number of nitrogens with one attached hydrogen (secondary N) is 2. The molecule has 0 aliphatic carbocycles. The number of rotatable bonds is 4. The molecule has 19 heavy (non-hydrogen) atoms. The highest BCUT2D eigenvalue weighted by atomic mass is 32.2. The van der Waals surface area contributed by atoms with Crippen molar-refractivity contribution in [1.29, 1.82) is 0 Å². The maximum atomic E-state index is 12.2. The molecule has 8 nitrogen and oxygen atoms in total. The lowest BCUT2D eigenvalue weighted by atomic mass is 10.4. The van der Waals surface area contributed by atoms with Crippen LogP contribution in [0, 0.1) is 0 Å². The number of pyridine rings is 1. The van der Waals surface area contributed by atoms with Crippen LogP contribution < -0.4 is 16.1 Å². The number of hydrogen-bond acceptors (Lipinski definition) is 7. The van der Waals surface area contributed by atoms with Gasteiger partial charge in [0.15, 0.2) is 0 Å². The third-order valence-corrected chi connectivity index (χ3v) is 4.32. The van der Waals surface area contributed by atoms with Gasteiger partial charge in [-0.3, -0.25) is 0 Å². The van der Waals surface area contributed by atoms with Gasteiger partial charge in [0.05, 0.1) is 4.90 Å². The zero-order valence-electron chi connectivity index (χ0n) is 10.7. The molecule has 0 spiro atoms. The summed E-state index contributed by atoms with van der Waals surface area (Å²) in [5, 5.41) is 1.70. The predicted molar refractivity (Wildman–Crippen MR) is 71.4 cm³/mol. The van der Waals surface area contributed by atoms with Crippen molar-refractivity contribution in [2.75, 3.05) is 38.7 Å². The van der Waals surface area contributed by atoms with Gasteiger partial charge in [-0.1, -0.05) is 0 Å². The van der Waals surface area contributed by atoms with Gasteiger partial charge in [-0.25, -0.2) is 24.3 Å². The third-order valence-electron chi connectivity index (χ3n) is 2.94. The molecule has 1 aromatic rings. The minimum atomic E-state index is -3.59. The van der Waals surface area contributed by atoms with Crippen LogP contribution >= 0.6 is 0 Å². The van der Waals surface area contributed by atoms with Crippen LogP contribution in [0.4, 0.5) is 5.82 Å². The lowest BCUT2D eigenvalue weighted by molar-refractivity contribution is 0.135. The number of anilines is 1. The zero-order chi connectivity index (χ0) is 13.9. The minimum absolute atomic E-state index is 0.134.